The molecule has 530 valence electrons. The highest BCUT2D eigenvalue weighted by atomic mass is 32.2. The maximum absolute atomic E-state index is 14.9. The molecule has 8 aromatic rings. The monoisotopic (exact) mass is 1450 g/mol. The van der Waals surface area contributed by atoms with E-state index in [4.69, 9.17) is 63.3 Å². The van der Waals surface area contributed by atoms with Crippen LogP contribution in [0, 0.1) is 0 Å². The van der Waals surface area contributed by atoms with Crippen LogP contribution in [0.2, 0.25) is 0 Å². The lowest BCUT2D eigenvalue weighted by Crippen LogP contribution is -2.45. The number of hydrogen-bond acceptors (Lipinski definition) is 19. The first-order chi connectivity index (χ1) is 49.9. The molecule has 0 saturated carbocycles. The van der Waals surface area contributed by atoms with Gasteiger partial charge >= 0.3 is 0 Å². The third-order valence-electron chi connectivity index (χ3n) is 16.6. The van der Waals surface area contributed by atoms with Gasteiger partial charge in [-0.05, 0) is 57.6 Å². The van der Waals surface area contributed by atoms with Crippen molar-refractivity contribution >= 4 is 80.2 Å². The molecule has 19 nitrogen and oxygen atoms in total. The number of nitrogens with zero attached hydrogens (tertiary/aromatic N) is 4. The Balaban J connectivity index is 0.913. The minimum atomic E-state index is -0.472. The number of hydrogen-bond donors (Lipinski definition) is 4. The molecular formula is C79H84N8O11S4. The van der Waals surface area contributed by atoms with Gasteiger partial charge in [-0.3, -0.25) is 38.8 Å². The number of thiocarbonyl (C=S) groups is 2. The Labute approximate surface area is 615 Å². The third-order valence-corrected chi connectivity index (χ3v) is 19.4. The zero-order valence-electron chi connectivity index (χ0n) is 57.0. The summed E-state index contributed by atoms with van der Waals surface area (Å²) in [6.07, 6.45) is 0. The minimum absolute atomic E-state index is 0.0644. The Morgan fingerprint density at radius 3 is 1.08 bits per heavy atom. The second-order valence-electron chi connectivity index (χ2n) is 23.6. The standard InChI is InChI=1S/C79H84N8O11S4/c1-57(93-51-58-21-9-3-10-22-58)68(94-52-59-23-11-4-12-24-59)75(92-2)83-40-44-84(41-37-80)45-46-85(42-38-81-73(88)64-33-35-66(76(90)86-47-49-101-78(86)99)71(97-55-62-29-17-7-18-30-62)69(64)95-53-60-25-13-5-14-26-60)43-39-82-74(89)65-34-36-67(77(91)87-48-50-102-79(87)100)72(98-56-63-31-19-8-20-32-63)70(65)96-54-61-27-15-6-16-28-61/h3-36,83H,1,37-56,80H2,2H3,(H,81,88)(H,82,89)/b75-68+. The predicted molar refractivity (Wildman–Crippen MR) is 408 cm³/mol. The van der Waals surface area contributed by atoms with Gasteiger partial charge in [-0.25, -0.2) is 0 Å². The summed E-state index contributed by atoms with van der Waals surface area (Å²) in [5.74, 6) is 1.01. The Kier molecular flexibility index (Phi) is 29.0. The van der Waals surface area contributed by atoms with E-state index in [2.05, 4.69) is 32.3 Å². The van der Waals surface area contributed by atoms with Crippen LogP contribution in [0.15, 0.2) is 230 Å². The van der Waals surface area contributed by atoms with E-state index in [0.717, 1.165) is 33.4 Å². The number of benzene rings is 8. The molecule has 10 rings (SSSR count). The van der Waals surface area contributed by atoms with Crippen LogP contribution in [0.25, 0.3) is 0 Å². The third kappa shape index (κ3) is 21.7. The molecule has 2 aliphatic heterocycles. The Morgan fingerprint density at radius 1 is 0.431 bits per heavy atom. The van der Waals surface area contributed by atoms with E-state index < -0.39 is 11.8 Å². The largest absolute Gasteiger partial charge is 0.485 e. The van der Waals surface area contributed by atoms with Gasteiger partial charge in [0.2, 0.25) is 11.6 Å². The number of carbonyl (C=O) groups is 4. The molecule has 0 unspecified atom stereocenters. The summed E-state index contributed by atoms with van der Waals surface area (Å²) in [7, 11) is 1.56. The van der Waals surface area contributed by atoms with Crippen molar-refractivity contribution < 1.29 is 52.3 Å². The summed E-state index contributed by atoms with van der Waals surface area (Å²) >= 11 is 14.1. The average molecular weight is 1450 g/mol. The van der Waals surface area contributed by atoms with E-state index in [1.807, 2.05) is 182 Å². The van der Waals surface area contributed by atoms with Gasteiger partial charge in [-0.15, -0.1) is 0 Å². The van der Waals surface area contributed by atoms with Crippen LogP contribution in [0.5, 0.6) is 23.0 Å². The van der Waals surface area contributed by atoms with Crippen molar-refractivity contribution in [3.05, 3.63) is 286 Å². The van der Waals surface area contributed by atoms with Gasteiger partial charge in [-0.1, -0.05) is 237 Å². The fourth-order valence-electron chi connectivity index (χ4n) is 11.1. The van der Waals surface area contributed by atoms with Crippen molar-refractivity contribution in [2.75, 3.05) is 97.2 Å². The van der Waals surface area contributed by atoms with E-state index in [-0.39, 0.29) is 116 Å². The van der Waals surface area contributed by atoms with Crippen LogP contribution < -0.4 is 40.6 Å². The zero-order valence-corrected chi connectivity index (χ0v) is 60.2. The second kappa shape index (κ2) is 39.5. The molecule has 2 fully saturated rings. The van der Waals surface area contributed by atoms with Gasteiger partial charge in [0.15, 0.2) is 28.8 Å². The van der Waals surface area contributed by atoms with Gasteiger partial charge in [0.05, 0.1) is 29.4 Å². The summed E-state index contributed by atoms with van der Waals surface area (Å²) in [4.78, 5) is 66.2. The molecule has 0 spiro atoms. The van der Waals surface area contributed by atoms with Gasteiger partial charge in [0.25, 0.3) is 23.6 Å². The molecule has 0 aromatic heterocycles. The van der Waals surface area contributed by atoms with Crippen molar-refractivity contribution in [3.8, 4) is 23.0 Å². The molecular weight excluding hydrogens is 1370 g/mol. The summed E-state index contributed by atoms with van der Waals surface area (Å²) in [5.41, 5.74) is 12.3. The van der Waals surface area contributed by atoms with Crippen molar-refractivity contribution in [1.82, 2.24) is 35.6 Å². The van der Waals surface area contributed by atoms with Crippen LogP contribution in [0.3, 0.4) is 0 Å². The smallest absolute Gasteiger partial charge is 0.263 e. The highest BCUT2D eigenvalue weighted by molar-refractivity contribution is 8.23. The topological polar surface area (TPSA) is 208 Å². The molecule has 0 radical (unpaired) electrons. The number of ether oxygens (including phenoxy) is 7. The molecule has 102 heavy (non-hydrogen) atoms. The van der Waals surface area contributed by atoms with Gasteiger partial charge in [0, 0.05) is 90.0 Å². The lowest BCUT2D eigenvalue weighted by atomic mass is 10.1. The Hall–Kier alpha value is -9.72. The van der Waals surface area contributed by atoms with Crippen LogP contribution in [0.4, 0.5) is 0 Å². The lowest BCUT2D eigenvalue weighted by molar-refractivity contribution is 0.0846. The minimum Gasteiger partial charge on any atom is -0.485 e. The lowest BCUT2D eigenvalue weighted by Gasteiger charge is -2.28. The quantitative estimate of drug-likeness (QED) is 0.0160. The van der Waals surface area contributed by atoms with Gasteiger partial charge < -0.3 is 54.8 Å². The fourth-order valence-corrected chi connectivity index (χ4v) is 13.5. The molecule has 0 aliphatic carbocycles. The van der Waals surface area contributed by atoms with E-state index >= 15 is 0 Å². The van der Waals surface area contributed by atoms with E-state index in [9.17, 15) is 19.2 Å². The molecule has 5 N–H and O–H groups in total. The van der Waals surface area contributed by atoms with E-state index in [1.165, 1.54) is 23.5 Å². The van der Waals surface area contributed by atoms with Crippen LogP contribution >= 0.6 is 48.0 Å². The molecule has 2 saturated heterocycles. The Morgan fingerprint density at radius 2 is 0.745 bits per heavy atom. The molecule has 2 heterocycles. The average Bonchev–Trinajstić information content (AvgIpc) is 1.03. The first-order valence-electron chi connectivity index (χ1n) is 33.7. The highest BCUT2D eigenvalue weighted by Gasteiger charge is 2.34. The van der Waals surface area contributed by atoms with E-state index in [1.54, 1.807) is 41.2 Å². The molecule has 0 atom stereocenters. The predicted octanol–water partition coefficient (Wildman–Crippen LogP) is 12.0. The number of rotatable bonds is 39. The molecule has 4 amide bonds. The van der Waals surface area contributed by atoms with E-state index in [0.29, 0.717) is 97.2 Å². The molecule has 2 aliphatic rings. The van der Waals surface area contributed by atoms with Gasteiger partial charge in [0.1, 0.15) is 48.3 Å². The molecule has 0 bridgehead atoms. The number of nitrogens with one attached hydrogen (secondary N) is 3. The normalized spacial score (nSPS) is 12.9. The van der Waals surface area contributed by atoms with Crippen molar-refractivity contribution in [3.63, 3.8) is 0 Å². The first-order valence-corrected chi connectivity index (χ1v) is 36.5. The summed E-state index contributed by atoms with van der Waals surface area (Å²) in [6.45, 7) is 9.55. The number of amides is 4. The van der Waals surface area contributed by atoms with Crippen molar-refractivity contribution in [2.24, 2.45) is 5.73 Å². The van der Waals surface area contributed by atoms with Crippen molar-refractivity contribution in [2.45, 2.75) is 39.6 Å². The second-order valence-corrected chi connectivity index (χ2v) is 27.1. The molecule has 23 heteroatoms. The summed E-state index contributed by atoms with van der Waals surface area (Å²) in [6, 6.07) is 64.1. The number of methoxy groups -OCH3 is 1. The summed E-state index contributed by atoms with van der Waals surface area (Å²) in [5, 5.41) is 9.72. The summed E-state index contributed by atoms with van der Waals surface area (Å²) < 4.78 is 45.8. The number of nitrogens with two attached hydrogens (primary N) is 1. The number of carbonyl (C=O) groups excluding carboxylic acids is 4. The maximum Gasteiger partial charge on any atom is 0.263 e. The van der Waals surface area contributed by atoms with Crippen LogP contribution in [0.1, 0.15) is 74.8 Å². The van der Waals surface area contributed by atoms with Crippen LogP contribution in [-0.4, -0.2) is 149 Å². The Bertz CT molecular complexity index is 3940. The fraction of sp³-hybridized carbons (Fsp3) is 0.266. The van der Waals surface area contributed by atoms with Gasteiger partial charge in [-0.2, -0.15) is 0 Å². The zero-order chi connectivity index (χ0) is 71.3. The highest BCUT2D eigenvalue weighted by Crippen LogP contribution is 2.40. The maximum atomic E-state index is 14.9. The first kappa shape index (κ1) is 75.0. The number of thioether (sulfide) groups is 2. The van der Waals surface area contributed by atoms with Crippen LogP contribution in [-0.2, 0) is 53.9 Å². The molecule has 8 aromatic carbocycles. The van der Waals surface area contributed by atoms with Crippen molar-refractivity contribution in [1.29, 1.82) is 0 Å². The SMILES string of the molecule is C=C(OCc1ccccc1)/C(OCc1ccccc1)=C(/NCCN(CCN)CCN(CCNC(=O)c1ccc(C(=O)N2CCSC2=S)c(OCc2ccccc2)c1OCc1ccccc1)CCNC(=O)c1ccc(C(=O)N2CCSC2=S)c(OCc2ccccc2)c1OCc1ccccc1)OC.